The third kappa shape index (κ3) is 18.2. The lowest BCUT2D eigenvalue weighted by atomic mass is 9.79. The molecular formula is C65H84N11O17S3+. The number of carbonyl (C=O) groups is 7. The number of aliphatic carboxylic acids is 1. The first-order valence-electron chi connectivity index (χ1n) is 31.3. The van der Waals surface area contributed by atoms with E-state index in [1.807, 2.05) is 25.1 Å². The molecule has 0 unspecified atom stereocenters. The second-order valence-electron chi connectivity index (χ2n) is 24.6. The SMILES string of the molecule is CCCC(=O)NC[C@@H]1C[C@@H]2CC[C@H]3C(=O)N[C@@H](CCCN=C(N)N)C(=O)NCC(=O)N[C@@H](CC(=O)O)C(=O)N[C@H]1C(=O)N23.CCC[N+]1=C(C=CC=CC=C2N(CC)c3ccc4c(C)cccc4c3C2(C)C)C(C)(C)c2c1ccc1c(S(=O)(=O)O)cccc21.O=S(=O)=O.O=S(=O)=O. The number of carboxylic acids is 1. The van der Waals surface area contributed by atoms with Gasteiger partial charge in [-0.3, -0.25) is 43.1 Å². The summed E-state index contributed by atoms with van der Waals surface area (Å²) < 4.78 is 87.2. The summed E-state index contributed by atoms with van der Waals surface area (Å²) in [5.41, 5.74) is 18.8. The number of fused-ring (bicyclic) bond motifs is 7. The molecule has 3 saturated heterocycles. The Morgan fingerprint density at radius 1 is 0.781 bits per heavy atom. The molecule has 9 rings (SSSR count). The number of amides is 6. The Morgan fingerprint density at radius 2 is 1.44 bits per heavy atom. The molecule has 6 amide bonds. The molecule has 4 aromatic carbocycles. The van der Waals surface area contributed by atoms with E-state index in [-0.39, 0.29) is 59.6 Å². The van der Waals surface area contributed by atoms with Gasteiger partial charge in [-0.25, -0.2) is 0 Å². The summed E-state index contributed by atoms with van der Waals surface area (Å²) in [6, 6.07) is 15.0. The largest absolute Gasteiger partial charge is 0.481 e. The van der Waals surface area contributed by atoms with Crippen LogP contribution in [0.4, 0.5) is 11.4 Å². The zero-order valence-electron chi connectivity index (χ0n) is 54.7. The zero-order chi connectivity index (χ0) is 71.1. The monoisotopic (exact) mass is 1390 g/mol. The fourth-order valence-corrected chi connectivity index (χ4v) is 14.2. The number of benzene rings is 4. The van der Waals surface area contributed by atoms with E-state index in [0.29, 0.717) is 37.5 Å². The van der Waals surface area contributed by atoms with E-state index in [2.05, 4.69) is 150 Å². The summed E-state index contributed by atoms with van der Waals surface area (Å²) in [6.07, 6.45) is 13.4. The van der Waals surface area contributed by atoms with Crippen molar-refractivity contribution in [3.8, 4) is 0 Å². The number of rotatable bonds is 17. The molecule has 28 nitrogen and oxygen atoms in total. The van der Waals surface area contributed by atoms with Gasteiger partial charge >= 0.3 is 27.2 Å². The maximum atomic E-state index is 13.9. The number of allylic oxidation sites excluding steroid dienone is 6. The fourth-order valence-electron chi connectivity index (χ4n) is 13.5. The van der Waals surface area contributed by atoms with Gasteiger partial charge in [-0.15, -0.1) is 25.3 Å². The predicted molar refractivity (Wildman–Crippen MR) is 358 cm³/mol. The van der Waals surface area contributed by atoms with Crippen molar-refractivity contribution in [3.05, 3.63) is 113 Å². The fraction of sp³-hybridized carbons (Fsp3) is 0.462. The molecule has 0 saturated carbocycles. The number of nitrogens with zero attached hydrogens (tertiary/aromatic N) is 4. The van der Waals surface area contributed by atoms with Gasteiger partial charge in [0.25, 0.3) is 10.1 Å². The Morgan fingerprint density at radius 3 is 2.06 bits per heavy atom. The van der Waals surface area contributed by atoms with Crippen molar-refractivity contribution < 1.29 is 81.5 Å². The minimum absolute atomic E-state index is 0.0538. The number of aryl methyl sites for hydroxylation is 1. The Labute approximate surface area is 560 Å². The highest BCUT2D eigenvalue weighted by molar-refractivity contribution is 7.86. The van der Waals surface area contributed by atoms with Crippen LogP contribution < -0.4 is 43.0 Å². The molecule has 518 valence electrons. The van der Waals surface area contributed by atoms with Gasteiger partial charge in [-0.2, -0.15) is 13.0 Å². The Bertz CT molecular complexity index is 4160. The van der Waals surface area contributed by atoms with Crippen molar-refractivity contribution in [2.75, 3.05) is 37.6 Å². The van der Waals surface area contributed by atoms with Crippen LogP contribution in [0.15, 0.2) is 107 Å². The third-order valence-electron chi connectivity index (χ3n) is 17.5. The van der Waals surface area contributed by atoms with E-state index in [4.69, 9.17) is 36.7 Å². The van der Waals surface area contributed by atoms with Crippen LogP contribution in [-0.4, -0.2) is 169 Å². The molecule has 5 aliphatic rings. The molecule has 5 heterocycles. The second-order valence-corrected chi connectivity index (χ2v) is 26.8. The van der Waals surface area contributed by atoms with Crippen molar-refractivity contribution in [2.24, 2.45) is 22.4 Å². The number of carboxylic acid groups (broad SMARTS) is 1. The lowest BCUT2D eigenvalue weighted by molar-refractivity contribution is -0.437. The molecular weight excluding hydrogens is 1300 g/mol. The molecule has 6 atom stereocenters. The topological polar surface area (TPSA) is 431 Å². The number of hydrogen-bond acceptors (Lipinski definition) is 17. The average molecular weight is 1390 g/mol. The van der Waals surface area contributed by atoms with Gasteiger partial charge in [0.15, 0.2) is 11.7 Å². The van der Waals surface area contributed by atoms with E-state index in [9.17, 15) is 51.6 Å². The summed E-state index contributed by atoms with van der Waals surface area (Å²) in [6.45, 7) is 18.8. The highest BCUT2D eigenvalue weighted by Gasteiger charge is 2.51. The smallest absolute Gasteiger partial charge is 0.425 e. The molecule has 0 spiro atoms. The summed E-state index contributed by atoms with van der Waals surface area (Å²) in [5, 5.41) is 26.2. The van der Waals surface area contributed by atoms with Crippen molar-refractivity contribution in [2.45, 2.75) is 159 Å². The van der Waals surface area contributed by atoms with Crippen LogP contribution in [0.25, 0.3) is 21.5 Å². The number of aliphatic imine (C=N–C) groups is 1. The minimum atomic E-state index is -4.35. The van der Waals surface area contributed by atoms with Crippen LogP contribution in [0.2, 0.25) is 0 Å². The van der Waals surface area contributed by atoms with Crippen molar-refractivity contribution >= 4 is 117 Å². The zero-order valence-corrected chi connectivity index (χ0v) is 57.2. The van der Waals surface area contributed by atoms with Gasteiger partial charge in [-0.1, -0.05) is 82.3 Å². The number of nitrogens with two attached hydrogens (primary N) is 2. The first kappa shape index (κ1) is 75.8. The molecule has 0 aliphatic carbocycles. The van der Waals surface area contributed by atoms with E-state index < -0.39 is 110 Å². The van der Waals surface area contributed by atoms with Crippen molar-refractivity contribution in [1.29, 1.82) is 0 Å². The van der Waals surface area contributed by atoms with Crippen LogP contribution in [0.3, 0.4) is 0 Å². The van der Waals surface area contributed by atoms with Gasteiger partial charge in [0.1, 0.15) is 35.6 Å². The standard InChI is InChI=1S/C39H42N2O3S.C26H41N9O8.2O3S/c1-8-25-41-32-24-22-28-30(17-14-18-33(28)45(42,43)44)37(32)39(6,7)35(41)20-12-10-11-19-34-38(4,5)36-29-16-13-15-26(3)27(29)21-23-31(36)40(34)9-2;1-2-4-18(36)30-11-13-9-14-6-7-17-24(42)33-15(5-3-8-29-26(27)28)22(40)31-12-19(37)32-16(10-20(38)39)23(41)34-21(13)25(43)35(14)17;2*1-4(2)3/h10-24H,8-9,25H2,1-7H3;13-17,21H,2-12H2,1H3,(H,30,36)(H,31,40)(H,32,37)(H,33,42)(H,34,41)(H,38,39)(H4,27,28,29);;/p+1/t;13-,14-,15-,16-,17-,21+;;/m.0../s1. The number of guanidine groups is 1. The van der Waals surface area contributed by atoms with Gasteiger partial charge in [0.05, 0.1) is 18.4 Å². The summed E-state index contributed by atoms with van der Waals surface area (Å²) in [5.74, 6) is -5.89. The molecule has 2 bridgehead atoms. The highest BCUT2D eigenvalue weighted by Crippen LogP contribution is 2.51. The van der Waals surface area contributed by atoms with Crippen LogP contribution in [0.1, 0.15) is 123 Å². The maximum absolute atomic E-state index is 13.9. The van der Waals surface area contributed by atoms with Gasteiger partial charge in [-0.05, 0) is 118 Å². The average Bonchev–Trinajstić information content (AvgIpc) is 1.52. The Hall–Kier alpha value is -9.20. The molecule has 31 heteroatoms. The lowest BCUT2D eigenvalue weighted by Crippen LogP contribution is -2.65. The first-order chi connectivity index (χ1) is 45.2. The number of carbonyl (C=O) groups excluding carboxylic acids is 6. The molecule has 96 heavy (non-hydrogen) atoms. The number of likely N-dealkylation sites (N-methyl/N-ethyl adjacent to an activating group) is 1. The normalized spacial score (nSPS) is 21.6. The molecule has 3 fully saturated rings. The molecule has 4 aromatic rings. The quantitative estimate of drug-likeness (QED) is 0.0182. The number of anilines is 1. The van der Waals surface area contributed by atoms with E-state index >= 15 is 0 Å². The second kappa shape index (κ2) is 33.0. The van der Waals surface area contributed by atoms with E-state index in [1.165, 1.54) is 44.3 Å². The summed E-state index contributed by atoms with van der Waals surface area (Å²) in [7, 11) is -10.6. The minimum Gasteiger partial charge on any atom is -0.481 e. The van der Waals surface area contributed by atoms with E-state index in [0.717, 1.165) is 41.9 Å². The highest BCUT2D eigenvalue weighted by atomic mass is 32.2. The molecule has 0 aromatic heterocycles. The number of nitrogens with one attached hydrogen (secondary N) is 5. The van der Waals surface area contributed by atoms with Crippen LogP contribution in [-0.2, 0) is 75.7 Å². The maximum Gasteiger partial charge on any atom is 0.425 e. The van der Waals surface area contributed by atoms with Gasteiger partial charge in [0, 0.05) is 84.3 Å². The van der Waals surface area contributed by atoms with E-state index in [1.54, 1.807) is 6.07 Å². The third-order valence-corrected chi connectivity index (χ3v) is 18.4. The van der Waals surface area contributed by atoms with Crippen molar-refractivity contribution in [1.82, 2.24) is 31.5 Å². The van der Waals surface area contributed by atoms with Gasteiger partial charge < -0.3 is 53.0 Å². The predicted octanol–water partition coefficient (Wildman–Crippen LogP) is 3.53. The lowest BCUT2D eigenvalue weighted by Gasteiger charge is -2.42. The molecule has 0 radical (unpaired) electrons. The Balaban J connectivity index is 0.000000273. The summed E-state index contributed by atoms with van der Waals surface area (Å²) >= 11 is 0. The summed E-state index contributed by atoms with van der Waals surface area (Å²) in [4.78, 5) is 97.7. The van der Waals surface area contributed by atoms with Crippen LogP contribution in [0.5, 0.6) is 0 Å². The number of hydrogen-bond donors (Lipinski definition) is 9. The van der Waals surface area contributed by atoms with Crippen LogP contribution in [0, 0.1) is 12.8 Å². The first-order valence-corrected chi connectivity index (χ1v) is 34.8. The molecule has 5 aliphatic heterocycles. The van der Waals surface area contributed by atoms with Crippen molar-refractivity contribution in [3.63, 3.8) is 0 Å². The van der Waals surface area contributed by atoms with Crippen LogP contribution >= 0.6 is 0 Å². The molecule has 11 N–H and O–H groups in total. The Kier molecular flexibility index (Phi) is 26.0. The van der Waals surface area contributed by atoms with Gasteiger partial charge in [0.2, 0.25) is 41.1 Å². The number of piperidine rings is 1.